The van der Waals surface area contributed by atoms with E-state index >= 15 is 0 Å². The van der Waals surface area contributed by atoms with E-state index in [1.54, 1.807) is 0 Å². The summed E-state index contributed by atoms with van der Waals surface area (Å²) in [5.74, 6) is -0.143. The molecule has 4 nitrogen and oxygen atoms in total. The van der Waals surface area contributed by atoms with Crippen molar-refractivity contribution >= 4 is 5.97 Å². The number of rotatable bonds is 6. The normalized spacial score (nSPS) is 22.8. The molecule has 94 valence electrons. The zero-order chi connectivity index (χ0) is 11.8. The first-order valence-corrected chi connectivity index (χ1v) is 6.26. The van der Waals surface area contributed by atoms with Crippen LogP contribution in [0.4, 0.5) is 0 Å². The van der Waals surface area contributed by atoms with Gasteiger partial charge in [0.05, 0.1) is 13.5 Å². The highest BCUT2D eigenvalue weighted by Gasteiger charge is 2.15. The van der Waals surface area contributed by atoms with Gasteiger partial charge in [-0.15, -0.1) is 0 Å². The van der Waals surface area contributed by atoms with E-state index in [9.17, 15) is 4.79 Å². The Morgan fingerprint density at radius 1 is 1.56 bits per heavy atom. The molecule has 1 rings (SSSR count). The Kier molecular flexibility index (Phi) is 6.42. The predicted octanol–water partition coefficient (Wildman–Crippen LogP) is 1.06. The molecule has 16 heavy (non-hydrogen) atoms. The third-order valence-corrected chi connectivity index (χ3v) is 3.10. The van der Waals surface area contributed by atoms with E-state index in [1.165, 1.54) is 26.4 Å². The Bertz CT molecular complexity index is 203. The molecule has 0 aromatic rings. The van der Waals surface area contributed by atoms with Crippen LogP contribution in [0.3, 0.4) is 0 Å². The van der Waals surface area contributed by atoms with E-state index in [0.29, 0.717) is 25.0 Å². The maximum Gasteiger partial charge on any atom is 0.306 e. The smallest absolute Gasteiger partial charge is 0.306 e. The Hall–Kier alpha value is -0.610. The molecule has 1 saturated heterocycles. The van der Waals surface area contributed by atoms with Gasteiger partial charge in [-0.1, -0.05) is 6.42 Å². The van der Waals surface area contributed by atoms with Crippen molar-refractivity contribution in [2.24, 2.45) is 0 Å². The van der Waals surface area contributed by atoms with Crippen molar-refractivity contribution in [3.05, 3.63) is 0 Å². The van der Waals surface area contributed by atoms with E-state index < -0.39 is 0 Å². The van der Waals surface area contributed by atoms with Gasteiger partial charge in [0.2, 0.25) is 0 Å². The van der Waals surface area contributed by atoms with Gasteiger partial charge in [0.1, 0.15) is 0 Å². The first-order valence-electron chi connectivity index (χ1n) is 6.26. The summed E-state index contributed by atoms with van der Waals surface area (Å²) in [5.41, 5.74) is 0. The molecule has 2 atom stereocenters. The van der Waals surface area contributed by atoms with Crippen LogP contribution < -0.4 is 10.6 Å². The molecule has 1 heterocycles. The number of hydrogen-bond acceptors (Lipinski definition) is 4. The SMILES string of the molecule is COC(=O)CCNC(C)CC1CCCCN1. The van der Waals surface area contributed by atoms with Crippen LogP contribution in [-0.2, 0) is 9.53 Å². The highest BCUT2D eigenvalue weighted by molar-refractivity contribution is 5.69. The second kappa shape index (κ2) is 7.63. The van der Waals surface area contributed by atoms with Crippen LogP contribution in [0.5, 0.6) is 0 Å². The fourth-order valence-electron chi connectivity index (χ4n) is 2.16. The molecule has 0 saturated carbocycles. The highest BCUT2D eigenvalue weighted by atomic mass is 16.5. The minimum Gasteiger partial charge on any atom is -0.469 e. The maximum atomic E-state index is 10.9. The summed E-state index contributed by atoms with van der Waals surface area (Å²) in [6.07, 6.45) is 5.52. The Balaban J connectivity index is 2.05. The molecule has 0 amide bonds. The quantitative estimate of drug-likeness (QED) is 0.667. The number of piperidine rings is 1. The number of nitrogens with one attached hydrogen (secondary N) is 2. The van der Waals surface area contributed by atoms with Crippen LogP contribution in [0.25, 0.3) is 0 Å². The number of hydrogen-bond donors (Lipinski definition) is 2. The number of ether oxygens (including phenoxy) is 1. The van der Waals surface area contributed by atoms with E-state index in [2.05, 4.69) is 22.3 Å². The number of esters is 1. The zero-order valence-corrected chi connectivity index (χ0v) is 10.4. The fraction of sp³-hybridized carbons (Fsp3) is 0.917. The molecular formula is C12H24N2O2. The second-order valence-corrected chi connectivity index (χ2v) is 4.56. The zero-order valence-electron chi connectivity index (χ0n) is 10.4. The molecule has 4 heteroatoms. The van der Waals surface area contributed by atoms with Gasteiger partial charge in [-0.3, -0.25) is 4.79 Å². The van der Waals surface area contributed by atoms with Crippen LogP contribution >= 0.6 is 0 Å². The van der Waals surface area contributed by atoms with Gasteiger partial charge < -0.3 is 15.4 Å². The fourth-order valence-corrected chi connectivity index (χ4v) is 2.16. The molecule has 1 aliphatic rings. The van der Waals surface area contributed by atoms with Crippen molar-refractivity contribution in [1.29, 1.82) is 0 Å². The topological polar surface area (TPSA) is 50.4 Å². The summed E-state index contributed by atoms with van der Waals surface area (Å²) in [6, 6.07) is 1.11. The molecule has 2 unspecified atom stereocenters. The summed E-state index contributed by atoms with van der Waals surface area (Å²) < 4.78 is 4.59. The summed E-state index contributed by atoms with van der Waals surface area (Å²) in [4.78, 5) is 10.9. The summed E-state index contributed by atoms with van der Waals surface area (Å²) in [6.45, 7) is 4.04. The number of carbonyl (C=O) groups excluding carboxylic acids is 1. The van der Waals surface area contributed by atoms with Gasteiger partial charge in [-0.25, -0.2) is 0 Å². The molecular weight excluding hydrogens is 204 g/mol. The van der Waals surface area contributed by atoms with Crippen molar-refractivity contribution in [1.82, 2.24) is 10.6 Å². The Labute approximate surface area is 98.1 Å². The molecule has 2 N–H and O–H groups in total. The number of carbonyl (C=O) groups is 1. The lowest BCUT2D eigenvalue weighted by Crippen LogP contribution is -2.40. The first kappa shape index (κ1) is 13.5. The van der Waals surface area contributed by atoms with E-state index in [4.69, 9.17) is 0 Å². The maximum absolute atomic E-state index is 10.9. The number of methoxy groups -OCH3 is 1. The molecule has 0 aliphatic carbocycles. The summed E-state index contributed by atoms with van der Waals surface area (Å²) in [5, 5.41) is 6.88. The van der Waals surface area contributed by atoms with Crippen molar-refractivity contribution in [2.45, 2.75) is 51.1 Å². The molecule has 0 radical (unpaired) electrons. The molecule has 0 spiro atoms. The monoisotopic (exact) mass is 228 g/mol. The van der Waals surface area contributed by atoms with Crippen LogP contribution in [-0.4, -0.2) is 38.3 Å². The minimum atomic E-state index is -0.143. The summed E-state index contributed by atoms with van der Waals surface area (Å²) in [7, 11) is 1.43. The third-order valence-electron chi connectivity index (χ3n) is 3.10. The van der Waals surface area contributed by atoms with Gasteiger partial charge in [0, 0.05) is 18.6 Å². The van der Waals surface area contributed by atoms with E-state index in [-0.39, 0.29) is 5.97 Å². The van der Waals surface area contributed by atoms with E-state index in [1.807, 2.05) is 0 Å². The second-order valence-electron chi connectivity index (χ2n) is 4.56. The largest absolute Gasteiger partial charge is 0.469 e. The Morgan fingerprint density at radius 2 is 2.38 bits per heavy atom. The summed E-state index contributed by atoms with van der Waals surface area (Å²) >= 11 is 0. The van der Waals surface area contributed by atoms with Crippen molar-refractivity contribution < 1.29 is 9.53 Å². The predicted molar refractivity (Wildman–Crippen MR) is 64.4 cm³/mol. The van der Waals surface area contributed by atoms with Crippen LogP contribution in [0.15, 0.2) is 0 Å². The average Bonchev–Trinajstić information content (AvgIpc) is 2.30. The van der Waals surface area contributed by atoms with E-state index in [0.717, 1.165) is 13.0 Å². The van der Waals surface area contributed by atoms with Crippen LogP contribution in [0.2, 0.25) is 0 Å². The molecule has 0 aromatic heterocycles. The lowest BCUT2D eigenvalue weighted by atomic mass is 9.99. The minimum absolute atomic E-state index is 0.143. The first-order chi connectivity index (χ1) is 7.72. The highest BCUT2D eigenvalue weighted by Crippen LogP contribution is 2.11. The Morgan fingerprint density at radius 3 is 3.00 bits per heavy atom. The van der Waals surface area contributed by atoms with Crippen LogP contribution in [0.1, 0.15) is 39.0 Å². The molecule has 1 aliphatic heterocycles. The molecule has 0 aromatic carbocycles. The van der Waals surface area contributed by atoms with Crippen LogP contribution in [0, 0.1) is 0 Å². The molecule has 0 bridgehead atoms. The van der Waals surface area contributed by atoms with Gasteiger partial charge >= 0.3 is 5.97 Å². The van der Waals surface area contributed by atoms with Gasteiger partial charge in [0.15, 0.2) is 0 Å². The lowest BCUT2D eigenvalue weighted by molar-refractivity contribution is -0.140. The van der Waals surface area contributed by atoms with Crippen molar-refractivity contribution in [3.63, 3.8) is 0 Å². The van der Waals surface area contributed by atoms with Gasteiger partial charge in [-0.05, 0) is 32.7 Å². The van der Waals surface area contributed by atoms with Crippen molar-refractivity contribution in [2.75, 3.05) is 20.2 Å². The van der Waals surface area contributed by atoms with Gasteiger partial charge in [-0.2, -0.15) is 0 Å². The van der Waals surface area contributed by atoms with Gasteiger partial charge in [0.25, 0.3) is 0 Å². The van der Waals surface area contributed by atoms with Crippen molar-refractivity contribution in [3.8, 4) is 0 Å². The third kappa shape index (κ3) is 5.47. The lowest BCUT2D eigenvalue weighted by Gasteiger charge is -2.26. The standard InChI is InChI=1S/C12H24N2O2/c1-10(13-8-6-12(15)16-2)9-11-5-3-4-7-14-11/h10-11,13-14H,3-9H2,1-2H3. The average molecular weight is 228 g/mol. The molecule has 1 fully saturated rings.